The van der Waals surface area contributed by atoms with Gasteiger partial charge in [0.2, 0.25) is 0 Å². The van der Waals surface area contributed by atoms with Crippen molar-refractivity contribution in [3.05, 3.63) is 131 Å². The van der Waals surface area contributed by atoms with Crippen LogP contribution in [-0.4, -0.2) is 0 Å². The zero-order chi connectivity index (χ0) is 25.8. The second-order valence-electron chi connectivity index (χ2n) is 11.7. The van der Waals surface area contributed by atoms with Crippen LogP contribution in [0.4, 0.5) is 11.4 Å². The summed E-state index contributed by atoms with van der Waals surface area (Å²) >= 11 is 0. The van der Waals surface area contributed by atoms with Crippen LogP contribution in [0, 0.1) is 0 Å². The highest BCUT2D eigenvalue weighted by Crippen LogP contribution is 2.36. The summed E-state index contributed by atoms with van der Waals surface area (Å²) in [4.78, 5) is 0. The van der Waals surface area contributed by atoms with Crippen LogP contribution in [0.15, 0.2) is 109 Å². The summed E-state index contributed by atoms with van der Waals surface area (Å²) in [7, 11) is 0. The monoisotopic (exact) mass is 476 g/mol. The molecule has 0 unspecified atom stereocenters. The first-order chi connectivity index (χ1) is 17.1. The Balaban J connectivity index is 1.72. The van der Waals surface area contributed by atoms with Gasteiger partial charge in [0, 0.05) is 11.4 Å². The zero-order valence-electron chi connectivity index (χ0n) is 22.5. The van der Waals surface area contributed by atoms with Crippen molar-refractivity contribution in [3.63, 3.8) is 0 Å². The van der Waals surface area contributed by atoms with Crippen molar-refractivity contribution in [2.24, 2.45) is 0 Å². The summed E-state index contributed by atoms with van der Waals surface area (Å²) < 4.78 is 0. The summed E-state index contributed by atoms with van der Waals surface area (Å²) in [6, 6.07) is 39.3. The molecular formula is C34H40N2. The summed E-state index contributed by atoms with van der Waals surface area (Å²) in [5.74, 6) is 0. The van der Waals surface area contributed by atoms with Crippen LogP contribution < -0.4 is 10.6 Å². The van der Waals surface area contributed by atoms with E-state index in [1.807, 2.05) is 0 Å². The maximum absolute atomic E-state index is 3.87. The Morgan fingerprint density at radius 3 is 1.00 bits per heavy atom. The smallest absolute Gasteiger partial charge is 0.0757 e. The highest BCUT2D eigenvalue weighted by molar-refractivity contribution is 5.53. The van der Waals surface area contributed by atoms with Gasteiger partial charge >= 0.3 is 0 Å². The zero-order valence-corrected chi connectivity index (χ0v) is 22.5. The molecule has 0 aliphatic rings. The second-order valence-corrected chi connectivity index (χ2v) is 11.7. The average Bonchev–Trinajstić information content (AvgIpc) is 2.87. The highest BCUT2D eigenvalue weighted by Gasteiger charge is 2.26. The van der Waals surface area contributed by atoms with E-state index < -0.39 is 0 Å². The Labute approximate surface area is 217 Å². The van der Waals surface area contributed by atoms with Crippen LogP contribution in [0.5, 0.6) is 0 Å². The Kier molecular flexibility index (Phi) is 7.54. The molecule has 0 saturated heterocycles. The SMILES string of the molecule is CC(C)(C)c1ccc(N[C@H](c2ccccc2)[C@H](Nc2ccc(C(C)(C)C)cc2)c2ccccc2)cc1. The van der Waals surface area contributed by atoms with Gasteiger partial charge in [0.05, 0.1) is 12.1 Å². The van der Waals surface area contributed by atoms with Gasteiger partial charge in [0.25, 0.3) is 0 Å². The first-order valence-corrected chi connectivity index (χ1v) is 13.0. The van der Waals surface area contributed by atoms with E-state index in [2.05, 4.69) is 161 Å². The third-order valence-corrected chi connectivity index (χ3v) is 6.80. The molecule has 0 fully saturated rings. The molecule has 2 N–H and O–H groups in total. The molecule has 0 aromatic heterocycles. The van der Waals surface area contributed by atoms with Crippen LogP contribution in [0.3, 0.4) is 0 Å². The Hall–Kier alpha value is -3.52. The summed E-state index contributed by atoms with van der Waals surface area (Å²) in [5.41, 5.74) is 7.64. The molecule has 4 rings (SSSR count). The first-order valence-electron chi connectivity index (χ1n) is 13.0. The molecule has 0 bridgehead atoms. The lowest BCUT2D eigenvalue weighted by atomic mass is 9.86. The average molecular weight is 477 g/mol. The minimum atomic E-state index is 0.0244. The minimum Gasteiger partial charge on any atom is -0.376 e. The summed E-state index contributed by atoms with van der Waals surface area (Å²) in [5, 5.41) is 7.73. The van der Waals surface area contributed by atoms with Crippen molar-refractivity contribution in [3.8, 4) is 0 Å². The van der Waals surface area contributed by atoms with E-state index >= 15 is 0 Å². The molecule has 4 aromatic rings. The Morgan fingerprint density at radius 2 is 0.722 bits per heavy atom. The lowest BCUT2D eigenvalue weighted by Crippen LogP contribution is -2.26. The quantitative estimate of drug-likeness (QED) is 0.278. The van der Waals surface area contributed by atoms with Crippen molar-refractivity contribution >= 4 is 11.4 Å². The number of nitrogens with one attached hydrogen (secondary N) is 2. The number of rotatable bonds is 7. The first kappa shape index (κ1) is 25.6. The van der Waals surface area contributed by atoms with E-state index in [4.69, 9.17) is 0 Å². The fourth-order valence-corrected chi connectivity index (χ4v) is 4.53. The van der Waals surface area contributed by atoms with Gasteiger partial charge in [-0.25, -0.2) is 0 Å². The predicted molar refractivity (Wildman–Crippen MR) is 156 cm³/mol. The van der Waals surface area contributed by atoms with Gasteiger partial charge in [0.1, 0.15) is 0 Å². The molecule has 36 heavy (non-hydrogen) atoms. The second kappa shape index (κ2) is 10.6. The van der Waals surface area contributed by atoms with Gasteiger partial charge in [-0.3, -0.25) is 0 Å². The fraction of sp³-hybridized carbons (Fsp3) is 0.294. The molecule has 0 heterocycles. The largest absolute Gasteiger partial charge is 0.376 e. The van der Waals surface area contributed by atoms with Crippen molar-refractivity contribution < 1.29 is 0 Å². The normalized spacial score (nSPS) is 13.6. The molecule has 186 valence electrons. The lowest BCUT2D eigenvalue weighted by Gasteiger charge is -2.32. The van der Waals surface area contributed by atoms with Crippen LogP contribution in [0.1, 0.15) is 75.9 Å². The number of hydrogen-bond acceptors (Lipinski definition) is 2. The molecule has 0 aliphatic carbocycles. The van der Waals surface area contributed by atoms with Gasteiger partial charge in [-0.1, -0.05) is 126 Å². The van der Waals surface area contributed by atoms with Gasteiger partial charge in [-0.05, 0) is 57.3 Å². The van der Waals surface area contributed by atoms with Crippen molar-refractivity contribution in [1.82, 2.24) is 0 Å². The molecule has 0 spiro atoms. The van der Waals surface area contributed by atoms with Gasteiger partial charge < -0.3 is 10.6 Å². The summed E-state index contributed by atoms with van der Waals surface area (Å²) in [6.45, 7) is 13.5. The van der Waals surface area contributed by atoms with E-state index in [0.717, 1.165) is 11.4 Å². The van der Waals surface area contributed by atoms with E-state index in [1.165, 1.54) is 22.3 Å². The standard InChI is InChI=1S/C34H40N2/c1-33(2,3)27-17-21-29(22-18-27)35-31(25-13-9-7-10-14-25)32(26-15-11-8-12-16-26)36-30-23-19-28(20-24-30)34(4,5)6/h7-24,31-32,35-36H,1-6H3/t31-,32-/m1/s1. The topological polar surface area (TPSA) is 24.1 Å². The molecule has 0 aliphatic heterocycles. The predicted octanol–water partition coefficient (Wildman–Crippen LogP) is 9.29. The molecular weight excluding hydrogens is 436 g/mol. The van der Waals surface area contributed by atoms with Crippen molar-refractivity contribution in [1.29, 1.82) is 0 Å². The maximum Gasteiger partial charge on any atom is 0.0757 e. The van der Waals surface area contributed by atoms with Crippen LogP contribution >= 0.6 is 0 Å². The van der Waals surface area contributed by atoms with Crippen LogP contribution in [0.25, 0.3) is 0 Å². The number of benzene rings is 4. The fourth-order valence-electron chi connectivity index (χ4n) is 4.53. The van der Waals surface area contributed by atoms with Gasteiger partial charge in [-0.15, -0.1) is 0 Å². The Morgan fingerprint density at radius 1 is 0.417 bits per heavy atom. The maximum atomic E-state index is 3.87. The molecule has 4 aromatic carbocycles. The van der Waals surface area contributed by atoms with Crippen molar-refractivity contribution in [2.45, 2.75) is 64.5 Å². The number of anilines is 2. The lowest BCUT2D eigenvalue weighted by molar-refractivity contribution is 0.589. The van der Waals surface area contributed by atoms with Crippen LogP contribution in [-0.2, 0) is 10.8 Å². The minimum absolute atomic E-state index is 0.0244. The molecule has 2 nitrogen and oxygen atoms in total. The van der Waals surface area contributed by atoms with E-state index in [0.29, 0.717) is 0 Å². The molecule has 0 saturated carbocycles. The van der Waals surface area contributed by atoms with Crippen molar-refractivity contribution in [2.75, 3.05) is 10.6 Å². The molecule has 0 amide bonds. The van der Waals surface area contributed by atoms with E-state index in [-0.39, 0.29) is 22.9 Å². The number of hydrogen-bond donors (Lipinski definition) is 2. The van der Waals surface area contributed by atoms with Gasteiger partial charge in [0.15, 0.2) is 0 Å². The molecule has 2 heteroatoms. The Bertz CT molecular complexity index is 1110. The third-order valence-electron chi connectivity index (χ3n) is 6.80. The summed E-state index contributed by atoms with van der Waals surface area (Å²) in [6.07, 6.45) is 0. The highest BCUT2D eigenvalue weighted by atomic mass is 15.0. The van der Waals surface area contributed by atoms with Gasteiger partial charge in [-0.2, -0.15) is 0 Å². The van der Waals surface area contributed by atoms with Crippen LogP contribution in [0.2, 0.25) is 0 Å². The molecule has 0 radical (unpaired) electrons. The third kappa shape index (κ3) is 6.37. The molecule has 2 atom stereocenters. The van der Waals surface area contributed by atoms with E-state index in [9.17, 15) is 0 Å². The van der Waals surface area contributed by atoms with E-state index in [1.54, 1.807) is 0 Å².